The minimum absolute atomic E-state index is 0.0812. The topological polar surface area (TPSA) is 143 Å². The van der Waals surface area contributed by atoms with Crippen molar-refractivity contribution in [2.45, 2.75) is 112 Å². The Morgan fingerprint density at radius 2 is 0.929 bits per heavy atom. The van der Waals surface area contributed by atoms with Crippen molar-refractivity contribution in [3.8, 4) is 0 Å². The standard InChI is InChI=1S/C23H29ClO4S.C21H25ClO4S/c1-18-10-16-21(17-11-18)29(27,28)22(23(25)26)9-7-5-3-2-4-6-8-19-12-14-20(24)15-13-19;22-19-13-11-18(12-14-19)9-5-2-6-10-20(21(23)24)27(25,26)16-15-17-7-3-1-4-8-17/h10-17,22H,2-9H2,1H3,(H,25,26);1,3-4,7-8,11-14,20H,2,5-6,9-10,15-16H2,(H,23,24). The predicted octanol–water partition coefficient (Wildman–Crippen LogP) is 10.4. The molecule has 0 fully saturated rings. The number of carboxylic acid groups (broad SMARTS) is 2. The van der Waals surface area contributed by atoms with Gasteiger partial charge in [0.1, 0.15) is 0 Å². The van der Waals surface area contributed by atoms with E-state index in [-0.39, 0.29) is 23.5 Å². The van der Waals surface area contributed by atoms with E-state index < -0.39 is 42.1 Å². The zero-order valence-corrected chi connectivity index (χ0v) is 35.1. The average molecular weight is 846 g/mol. The van der Waals surface area contributed by atoms with Gasteiger partial charge in [-0.1, -0.05) is 140 Å². The lowest BCUT2D eigenvalue weighted by Gasteiger charge is -2.14. The predicted molar refractivity (Wildman–Crippen MR) is 226 cm³/mol. The van der Waals surface area contributed by atoms with Gasteiger partial charge in [-0.05, 0) is 105 Å². The third-order valence-electron chi connectivity index (χ3n) is 9.67. The Labute approximate surface area is 343 Å². The molecule has 304 valence electrons. The molecule has 0 aliphatic carbocycles. The number of hydrogen-bond acceptors (Lipinski definition) is 6. The SMILES string of the molecule is Cc1ccc(S(=O)(=O)C(CCCCCCCCc2ccc(Cl)cc2)C(=O)O)cc1.O=C(O)C(CCCCCc1ccc(Cl)cc1)S(=O)(=O)CCc1ccccc1. The van der Waals surface area contributed by atoms with Gasteiger partial charge in [0, 0.05) is 10.0 Å². The van der Waals surface area contributed by atoms with Crippen LogP contribution in [0.2, 0.25) is 10.0 Å². The van der Waals surface area contributed by atoms with E-state index in [2.05, 4.69) is 0 Å². The van der Waals surface area contributed by atoms with Crippen LogP contribution in [0.3, 0.4) is 0 Å². The third-order valence-corrected chi connectivity index (χ3v) is 14.4. The third kappa shape index (κ3) is 16.8. The zero-order valence-electron chi connectivity index (χ0n) is 32.0. The van der Waals surface area contributed by atoms with Crippen LogP contribution in [0.1, 0.15) is 92.9 Å². The second-order valence-electron chi connectivity index (χ2n) is 14.1. The molecule has 0 aliphatic heterocycles. The number of carbonyl (C=O) groups is 2. The first kappa shape index (κ1) is 46.7. The van der Waals surface area contributed by atoms with Crippen molar-refractivity contribution >= 4 is 54.8 Å². The van der Waals surface area contributed by atoms with Crippen molar-refractivity contribution in [1.29, 1.82) is 0 Å². The second-order valence-corrected chi connectivity index (χ2v) is 19.4. The Kier molecular flexibility index (Phi) is 20.1. The van der Waals surface area contributed by atoms with Crippen molar-refractivity contribution in [3.63, 3.8) is 0 Å². The maximum absolute atomic E-state index is 12.7. The summed E-state index contributed by atoms with van der Waals surface area (Å²) in [6, 6.07) is 31.1. The number of aryl methyl sites for hydroxylation is 4. The molecule has 2 atom stereocenters. The van der Waals surface area contributed by atoms with Gasteiger partial charge < -0.3 is 10.2 Å². The minimum atomic E-state index is -3.86. The molecule has 2 unspecified atom stereocenters. The van der Waals surface area contributed by atoms with Crippen LogP contribution in [0.5, 0.6) is 0 Å². The molecule has 12 heteroatoms. The van der Waals surface area contributed by atoms with Gasteiger partial charge in [-0.15, -0.1) is 0 Å². The Hall–Kier alpha value is -3.70. The Balaban J connectivity index is 0.000000301. The van der Waals surface area contributed by atoms with Crippen LogP contribution in [0.25, 0.3) is 0 Å². The molecule has 0 amide bonds. The number of rotatable bonds is 23. The molecule has 4 rings (SSSR count). The van der Waals surface area contributed by atoms with E-state index in [0.29, 0.717) is 24.3 Å². The molecule has 0 bridgehead atoms. The lowest BCUT2D eigenvalue weighted by molar-refractivity contribution is -0.137. The Morgan fingerprint density at radius 1 is 0.518 bits per heavy atom. The average Bonchev–Trinajstić information content (AvgIpc) is 3.16. The van der Waals surface area contributed by atoms with Gasteiger partial charge in [-0.3, -0.25) is 9.59 Å². The van der Waals surface area contributed by atoms with E-state index in [1.165, 1.54) is 23.3 Å². The number of halogens is 2. The van der Waals surface area contributed by atoms with Gasteiger partial charge in [0.05, 0.1) is 10.6 Å². The van der Waals surface area contributed by atoms with Crippen molar-refractivity contribution in [1.82, 2.24) is 0 Å². The molecule has 0 radical (unpaired) electrons. The smallest absolute Gasteiger partial charge is 0.322 e. The van der Waals surface area contributed by atoms with Crippen molar-refractivity contribution in [3.05, 3.63) is 135 Å². The Bertz CT molecular complexity index is 1980. The van der Waals surface area contributed by atoms with Crippen LogP contribution in [0.4, 0.5) is 0 Å². The molecule has 0 spiro atoms. The zero-order chi connectivity index (χ0) is 41.0. The number of benzene rings is 4. The first-order valence-electron chi connectivity index (χ1n) is 19.2. The fourth-order valence-electron chi connectivity index (χ4n) is 6.31. The van der Waals surface area contributed by atoms with Crippen LogP contribution in [-0.2, 0) is 48.5 Å². The van der Waals surface area contributed by atoms with Crippen LogP contribution >= 0.6 is 23.2 Å². The van der Waals surface area contributed by atoms with E-state index in [0.717, 1.165) is 73.9 Å². The van der Waals surface area contributed by atoms with Crippen molar-refractivity contribution in [2.24, 2.45) is 0 Å². The minimum Gasteiger partial charge on any atom is -0.480 e. The molecule has 2 N–H and O–H groups in total. The number of unbranched alkanes of at least 4 members (excludes halogenated alkanes) is 7. The highest BCUT2D eigenvalue weighted by atomic mass is 35.5. The fraction of sp³-hybridized carbons (Fsp3) is 0.409. The first-order chi connectivity index (χ1) is 26.7. The quantitative estimate of drug-likeness (QED) is 0.0703. The summed E-state index contributed by atoms with van der Waals surface area (Å²) in [6.07, 6.45) is 10.5. The lowest BCUT2D eigenvalue weighted by atomic mass is 10.0. The summed E-state index contributed by atoms with van der Waals surface area (Å²) in [5.74, 6) is -2.66. The first-order valence-corrected chi connectivity index (χ1v) is 23.2. The summed E-state index contributed by atoms with van der Waals surface area (Å²) in [4.78, 5) is 23.1. The monoisotopic (exact) mass is 844 g/mol. The van der Waals surface area contributed by atoms with Crippen molar-refractivity contribution in [2.75, 3.05) is 5.75 Å². The van der Waals surface area contributed by atoms with E-state index in [1.807, 2.05) is 85.8 Å². The summed E-state index contributed by atoms with van der Waals surface area (Å²) >= 11 is 11.7. The molecule has 4 aromatic carbocycles. The van der Waals surface area contributed by atoms with Gasteiger partial charge >= 0.3 is 11.9 Å². The lowest BCUT2D eigenvalue weighted by Crippen LogP contribution is -2.32. The highest BCUT2D eigenvalue weighted by molar-refractivity contribution is 7.93. The largest absolute Gasteiger partial charge is 0.480 e. The summed E-state index contributed by atoms with van der Waals surface area (Å²) in [5, 5.41) is 17.6. The number of carboxylic acids is 2. The summed E-state index contributed by atoms with van der Waals surface area (Å²) in [6.45, 7) is 1.86. The van der Waals surface area contributed by atoms with Gasteiger partial charge in [0.25, 0.3) is 0 Å². The summed E-state index contributed by atoms with van der Waals surface area (Å²) < 4.78 is 50.3. The normalized spacial score (nSPS) is 12.6. The van der Waals surface area contributed by atoms with Crippen LogP contribution in [0, 0.1) is 6.92 Å². The molecular weight excluding hydrogens is 792 g/mol. The number of hydrogen-bond donors (Lipinski definition) is 2. The van der Waals surface area contributed by atoms with Crippen molar-refractivity contribution < 1.29 is 36.6 Å². The van der Waals surface area contributed by atoms with Crippen LogP contribution < -0.4 is 0 Å². The van der Waals surface area contributed by atoms with E-state index in [9.17, 15) is 36.6 Å². The van der Waals surface area contributed by atoms with Gasteiger partial charge in [0.15, 0.2) is 30.2 Å². The molecule has 4 aromatic rings. The van der Waals surface area contributed by atoms with Gasteiger partial charge in [-0.25, -0.2) is 16.8 Å². The Morgan fingerprint density at radius 3 is 1.41 bits per heavy atom. The molecule has 0 saturated carbocycles. The van der Waals surface area contributed by atoms with Crippen LogP contribution in [0.15, 0.2) is 108 Å². The molecular formula is C44H54Cl2O8S2. The van der Waals surface area contributed by atoms with Gasteiger partial charge in [-0.2, -0.15) is 0 Å². The highest BCUT2D eigenvalue weighted by Crippen LogP contribution is 2.23. The molecule has 8 nitrogen and oxygen atoms in total. The summed E-state index contributed by atoms with van der Waals surface area (Å²) in [7, 11) is -7.54. The molecule has 0 aliphatic rings. The van der Waals surface area contributed by atoms with E-state index in [1.54, 1.807) is 12.1 Å². The number of sulfone groups is 2. The van der Waals surface area contributed by atoms with E-state index >= 15 is 0 Å². The maximum Gasteiger partial charge on any atom is 0.322 e. The molecule has 0 saturated heterocycles. The second kappa shape index (κ2) is 24.2. The molecule has 0 aromatic heterocycles. The summed E-state index contributed by atoms with van der Waals surface area (Å²) in [5.41, 5.74) is 4.28. The van der Waals surface area contributed by atoms with Crippen LogP contribution in [-0.4, -0.2) is 55.2 Å². The number of aliphatic carboxylic acids is 2. The fourth-order valence-corrected chi connectivity index (χ4v) is 9.79. The highest BCUT2D eigenvalue weighted by Gasteiger charge is 2.33. The molecule has 56 heavy (non-hydrogen) atoms. The molecule has 0 heterocycles. The maximum atomic E-state index is 12.7. The van der Waals surface area contributed by atoms with Gasteiger partial charge in [0.2, 0.25) is 0 Å². The van der Waals surface area contributed by atoms with E-state index in [4.69, 9.17) is 23.2 Å².